The molecule has 0 spiro atoms. The van der Waals surface area contributed by atoms with Gasteiger partial charge in [-0.25, -0.2) is 0 Å². The van der Waals surface area contributed by atoms with E-state index in [9.17, 15) is 0 Å². The van der Waals surface area contributed by atoms with Gasteiger partial charge in [0, 0.05) is 25.7 Å². The second kappa shape index (κ2) is 9.00. The molecule has 1 saturated carbocycles. The van der Waals surface area contributed by atoms with Crippen LogP contribution in [0.1, 0.15) is 38.5 Å². The SMILES string of the molecule is CN(C)C(CNC1=NCCCN1)C1CCCCC1.I. The van der Waals surface area contributed by atoms with Gasteiger partial charge in [0.2, 0.25) is 0 Å². The van der Waals surface area contributed by atoms with Gasteiger partial charge in [-0.1, -0.05) is 19.3 Å². The largest absolute Gasteiger partial charge is 0.356 e. The van der Waals surface area contributed by atoms with E-state index >= 15 is 0 Å². The van der Waals surface area contributed by atoms with Crippen molar-refractivity contribution in [1.29, 1.82) is 0 Å². The predicted molar refractivity (Wildman–Crippen MR) is 92.4 cm³/mol. The number of nitrogens with zero attached hydrogens (tertiary/aromatic N) is 2. The van der Waals surface area contributed by atoms with Gasteiger partial charge in [-0.2, -0.15) is 0 Å². The van der Waals surface area contributed by atoms with Gasteiger partial charge in [-0.3, -0.25) is 4.99 Å². The van der Waals surface area contributed by atoms with E-state index in [4.69, 9.17) is 0 Å². The van der Waals surface area contributed by atoms with E-state index in [0.29, 0.717) is 6.04 Å². The number of rotatable bonds is 4. The Balaban J connectivity index is 0.00000180. The van der Waals surface area contributed by atoms with Crippen molar-refractivity contribution in [3.8, 4) is 0 Å². The molecular weight excluding hydrogens is 351 g/mol. The zero-order valence-electron chi connectivity index (χ0n) is 12.3. The van der Waals surface area contributed by atoms with Crippen molar-refractivity contribution in [3.05, 3.63) is 0 Å². The highest BCUT2D eigenvalue weighted by Gasteiger charge is 2.25. The summed E-state index contributed by atoms with van der Waals surface area (Å²) in [5, 5.41) is 6.83. The molecule has 1 heterocycles. The number of nitrogens with one attached hydrogen (secondary N) is 2. The third kappa shape index (κ3) is 5.45. The van der Waals surface area contributed by atoms with Crippen LogP contribution in [0.3, 0.4) is 0 Å². The lowest BCUT2D eigenvalue weighted by Gasteiger charge is -2.35. The van der Waals surface area contributed by atoms with E-state index in [1.165, 1.54) is 32.1 Å². The first kappa shape index (κ1) is 17.0. The summed E-state index contributed by atoms with van der Waals surface area (Å²) in [7, 11) is 4.41. The fourth-order valence-corrected chi connectivity index (χ4v) is 3.14. The Kier molecular flexibility index (Phi) is 8.06. The zero-order chi connectivity index (χ0) is 12.8. The number of aliphatic imine (C=N–C) groups is 1. The summed E-state index contributed by atoms with van der Waals surface area (Å²) in [6.07, 6.45) is 8.19. The first-order valence-corrected chi connectivity index (χ1v) is 7.46. The first-order chi connectivity index (χ1) is 8.77. The average Bonchev–Trinajstić information content (AvgIpc) is 2.41. The van der Waals surface area contributed by atoms with Crippen molar-refractivity contribution in [1.82, 2.24) is 15.5 Å². The molecule has 4 nitrogen and oxygen atoms in total. The molecule has 0 aromatic rings. The van der Waals surface area contributed by atoms with Gasteiger partial charge in [-0.05, 0) is 39.3 Å². The van der Waals surface area contributed by atoms with Gasteiger partial charge >= 0.3 is 0 Å². The fourth-order valence-electron chi connectivity index (χ4n) is 3.14. The van der Waals surface area contributed by atoms with Crippen molar-refractivity contribution in [2.24, 2.45) is 10.9 Å². The second-order valence-electron chi connectivity index (χ2n) is 5.82. The van der Waals surface area contributed by atoms with E-state index in [1.807, 2.05) is 0 Å². The standard InChI is InChI=1S/C14H28N4.HI/c1-18(2)13(12-7-4-3-5-8-12)11-17-14-15-9-6-10-16-14;/h12-13H,3-11H2,1-2H3,(H2,15,16,17);1H. The molecule has 0 bridgehead atoms. The Morgan fingerprint density at radius 2 is 2.00 bits per heavy atom. The fraction of sp³-hybridized carbons (Fsp3) is 0.929. The maximum atomic E-state index is 4.48. The average molecular weight is 380 g/mol. The molecule has 0 amide bonds. The minimum absolute atomic E-state index is 0. The Morgan fingerprint density at radius 3 is 2.58 bits per heavy atom. The van der Waals surface area contributed by atoms with Gasteiger partial charge in [0.25, 0.3) is 0 Å². The topological polar surface area (TPSA) is 39.7 Å². The molecular formula is C14H29IN4. The van der Waals surface area contributed by atoms with Gasteiger partial charge in [0.15, 0.2) is 5.96 Å². The molecule has 2 rings (SSSR count). The summed E-state index contributed by atoms with van der Waals surface area (Å²) < 4.78 is 0. The quantitative estimate of drug-likeness (QED) is 0.734. The van der Waals surface area contributed by atoms with Gasteiger partial charge in [-0.15, -0.1) is 24.0 Å². The van der Waals surface area contributed by atoms with E-state index in [2.05, 4.69) is 34.6 Å². The van der Waals surface area contributed by atoms with Gasteiger partial charge in [0.05, 0.1) is 0 Å². The molecule has 2 N–H and O–H groups in total. The number of hydrogen-bond donors (Lipinski definition) is 2. The minimum Gasteiger partial charge on any atom is -0.356 e. The van der Waals surface area contributed by atoms with Crippen LogP contribution in [0.5, 0.6) is 0 Å². The zero-order valence-corrected chi connectivity index (χ0v) is 14.7. The normalized spacial score (nSPS) is 22.2. The summed E-state index contributed by atoms with van der Waals surface area (Å²) in [5.74, 6) is 1.86. The van der Waals surface area contributed by atoms with Gasteiger partial charge < -0.3 is 15.5 Å². The van der Waals surface area contributed by atoms with E-state index in [-0.39, 0.29) is 24.0 Å². The number of halogens is 1. The maximum absolute atomic E-state index is 4.48. The third-order valence-corrected chi connectivity index (χ3v) is 4.23. The first-order valence-electron chi connectivity index (χ1n) is 7.46. The van der Waals surface area contributed by atoms with Crippen molar-refractivity contribution >= 4 is 29.9 Å². The molecule has 5 heteroatoms. The lowest BCUT2D eigenvalue weighted by molar-refractivity contribution is 0.171. The Bertz CT molecular complexity index is 275. The van der Waals surface area contributed by atoms with Crippen LogP contribution in [-0.4, -0.2) is 50.6 Å². The minimum atomic E-state index is 0. The molecule has 19 heavy (non-hydrogen) atoms. The molecule has 1 fully saturated rings. The van der Waals surface area contributed by atoms with Crippen LogP contribution < -0.4 is 10.6 Å². The lowest BCUT2D eigenvalue weighted by atomic mass is 9.83. The molecule has 0 radical (unpaired) electrons. The summed E-state index contributed by atoms with van der Waals surface area (Å²) in [6.45, 7) is 3.04. The van der Waals surface area contributed by atoms with Crippen LogP contribution in [0.2, 0.25) is 0 Å². The van der Waals surface area contributed by atoms with Crippen LogP contribution >= 0.6 is 24.0 Å². The smallest absolute Gasteiger partial charge is 0.191 e. The van der Waals surface area contributed by atoms with Crippen molar-refractivity contribution < 1.29 is 0 Å². The van der Waals surface area contributed by atoms with Crippen LogP contribution in [0.25, 0.3) is 0 Å². The van der Waals surface area contributed by atoms with Crippen LogP contribution in [-0.2, 0) is 0 Å². The molecule has 112 valence electrons. The number of hydrogen-bond acceptors (Lipinski definition) is 4. The third-order valence-electron chi connectivity index (χ3n) is 4.23. The van der Waals surface area contributed by atoms with Crippen LogP contribution in [0, 0.1) is 5.92 Å². The Morgan fingerprint density at radius 1 is 1.26 bits per heavy atom. The van der Waals surface area contributed by atoms with E-state index in [1.54, 1.807) is 0 Å². The summed E-state index contributed by atoms with van der Waals surface area (Å²) in [4.78, 5) is 6.86. The molecule has 1 atom stereocenters. The number of guanidine groups is 1. The molecule has 1 unspecified atom stereocenters. The van der Waals surface area contributed by atoms with Crippen molar-refractivity contribution in [2.45, 2.75) is 44.6 Å². The maximum Gasteiger partial charge on any atom is 0.191 e. The summed E-state index contributed by atoms with van der Waals surface area (Å²) >= 11 is 0. The molecule has 1 aliphatic carbocycles. The van der Waals surface area contributed by atoms with Crippen molar-refractivity contribution in [3.63, 3.8) is 0 Å². The highest BCUT2D eigenvalue weighted by molar-refractivity contribution is 14.0. The highest BCUT2D eigenvalue weighted by atomic mass is 127. The Hall–Kier alpha value is -0.0400. The lowest BCUT2D eigenvalue weighted by Crippen LogP contribution is -2.49. The molecule has 2 aliphatic rings. The summed E-state index contributed by atoms with van der Waals surface area (Å²) in [6, 6.07) is 0.636. The Labute approximate surface area is 134 Å². The molecule has 0 saturated heterocycles. The molecule has 0 aromatic heterocycles. The molecule has 0 aromatic carbocycles. The van der Waals surface area contributed by atoms with E-state index < -0.39 is 0 Å². The summed E-state index contributed by atoms with van der Waals surface area (Å²) in [5.41, 5.74) is 0. The molecule has 1 aliphatic heterocycles. The van der Waals surface area contributed by atoms with Crippen LogP contribution in [0.4, 0.5) is 0 Å². The highest BCUT2D eigenvalue weighted by Crippen LogP contribution is 2.27. The van der Waals surface area contributed by atoms with Crippen molar-refractivity contribution in [2.75, 3.05) is 33.7 Å². The monoisotopic (exact) mass is 380 g/mol. The second-order valence-corrected chi connectivity index (χ2v) is 5.82. The number of likely N-dealkylation sites (N-methyl/N-ethyl adjacent to an activating group) is 1. The van der Waals surface area contributed by atoms with Gasteiger partial charge in [0.1, 0.15) is 0 Å². The predicted octanol–water partition coefficient (Wildman–Crippen LogP) is 2.05. The van der Waals surface area contributed by atoms with E-state index in [0.717, 1.165) is 37.9 Å². The van der Waals surface area contributed by atoms with Crippen LogP contribution in [0.15, 0.2) is 4.99 Å².